The van der Waals surface area contributed by atoms with E-state index in [1.54, 1.807) is 0 Å². The Balaban J connectivity index is 1.37. The van der Waals surface area contributed by atoms with Crippen LogP contribution in [0.3, 0.4) is 0 Å². The number of rotatable bonds is 3. The molecule has 2 saturated heterocycles. The summed E-state index contributed by atoms with van der Waals surface area (Å²) in [6.07, 6.45) is 2.53. The van der Waals surface area contributed by atoms with Gasteiger partial charge in [0.1, 0.15) is 11.6 Å². The number of pyridine rings is 1. The minimum absolute atomic E-state index is 0.0566. The van der Waals surface area contributed by atoms with Gasteiger partial charge >= 0.3 is 0 Å². The van der Waals surface area contributed by atoms with Crippen molar-refractivity contribution in [1.82, 2.24) is 24.8 Å². The zero-order valence-electron chi connectivity index (χ0n) is 15.9. The molecule has 1 N–H and O–H groups in total. The van der Waals surface area contributed by atoms with E-state index < -0.39 is 5.82 Å². The summed E-state index contributed by atoms with van der Waals surface area (Å²) in [5.41, 5.74) is 2.26. The molecule has 2 aliphatic rings. The number of halogens is 1. The number of aromatic amines is 1. The van der Waals surface area contributed by atoms with Gasteiger partial charge in [-0.3, -0.25) is 14.7 Å². The van der Waals surface area contributed by atoms with Gasteiger partial charge in [-0.15, -0.1) is 0 Å². The molecule has 8 heteroatoms. The second-order valence-corrected chi connectivity index (χ2v) is 7.79. The number of carbonyl (C=O) groups excluding carboxylic acids is 1. The Bertz CT molecular complexity index is 1010. The number of amides is 1. The predicted octanol–water partition coefficient (Wildman–Crippen LogP) is 2.07. The van der Waals surface area contributed by atoms with Gasteiger partial charge in [-0.25, -0.2) is 9.37 Å². The molecule has 0 aliphatic carbocycles. The second-order valence-electron chi connectivity index (χ2n) is 7.79. The van der Waals surface area contributed by atoms with Crippen molar-refractivity contribution >= 4 is 16.9 Å². The van der Waals surface area contributed by atoms with Gasteiger partial charge in [-0.05, 0) is 18.2 Å². The Morgan fingerprint density at radius 2 is 2.10 bits per heavy atom. The molecule has 2 bridgehead atoms. The first kappa shape index (κ1) is 18.2. The predicted molar refractivity (Wildman–Crippen MR) is 105 cm³/mol. The van der Waals surface area contributed by atoms with Gasteiger partial charge in [0.2, 0.25) is 0 Å². The van der Waals surface area contributed by atoms with Crippen LogP contribution in [-0.4, -0.2) is 69.5 Å². The number of benzene rings is 1. The molecule has 1 amide bonds. The molecule has 2 aliphatic heterocycles. The van der Waals surface area contributed by atoms with Crippen LogP contribution in [0.5, 0.6) is 0 Å². The number of nitrogens with one attached hydrogen (secondary N) is 1. The number of nitrogens with zero attached hydrogens (tertiary/aromatic N) is 4. The molecule has 2 fully saturated rings. The molecule has 2 aromatic heterocycles. The van der Waals surface area contributed by atoms with Crippen molar-refractivity contribution in [3.63, 3.8) is 0 Å². The Hall–Kier alpha value is -2.84. The standard InChI is InChI=1S/C21H22FN5O2/c22-16-5-15(6-23-7-16)21(28)27-9-14-8-26(17(10-27)13-29-12-14)11-20-24-18-3-1-2-4-19(18)25-20/h1-7,14,17H,8-13H2,(H,24,25)/t14-,17+/m1/s1. The zero-order chi connectivity index (χ0) is 19.8. The van der Waals surface area contributed by atoms with Gasteiger partial charge in [-0.2, -0.15) is 0 Å². The maximum atomic E-state index is 13.5. The van der Waals surface area contributed by atoms with Gasteiger partial charge < -0.3 is 14.6 Å². The average Bonchev–Trinajstić information content (AvgIpc) is 2.91. The Morgan fingerprint density at radius 1 is 1.21 bits per heavy atom. The lowest BCUT2D eigenvalue weighted by molar-refractivity contribution is 0.0403. The number of hydrogen-bond donors (Lipinski definition) is 1. The number of fused-ring (bicyclic) bond motifs is 4. The smallest absolute Gasteiger partial charge is 0.255 e. The molecule has 29 heavy (non-hydrogen) atoms. The van der Waals surface area contributed by atoms with Crippen molar-refractivity contribution in [2.24, 2.45) is 5.92 Å². The molecular weight excluding hydrogens is 373 g/mol. The SMILES string of the molecule is O=C(c1cncc(F)c1)N1C[C@@H]2COC[C@H](C1)N(Cc1nc3ccccc3[nH]1)C2. The van der Waals surface area contributed by atoms with E-state index in [1.807, 2.05) is 29.2 Å². The van der Waals surface area contributed by atoms with Crippen LogP contribution in [0.4, 0.5) is 4.39 Å². The summed E-state index contributed by atoms with van der Waals surface area (Å²) in [5.74, 6) is 0.420. The van der Waals surface area contributed by atoms with Crippen LogP contribution in [0.2, 0.25) is 0 Å². The first-order chi connectivity index (χ1) is 14.2. The van der Waals surface area contributed by atoms with Crippen molar-refractivity contribution in [3.8, 4) is 0 Å². The van der Waals surface area contributed by atoms with E-state index in [-0.39, 0.29) is 23.4 Å². The van der Waals surface area contributed by atoms with E-state index in [1.165, 1.54) is 12.3 Å². The number of imidazole rings is 1. The maximum absolute atomic E-state index is 13.5. The molecule has 0 unspecified atom stereocenters. The zero-order valence-corrected chi connectivity index (χ0v) is 15.9. The van der Waals surface area contributed by atoms with E-state index >= 15 is 0 Å². The van der Waals surface area contributed by atoms with Crippen LogP contribution in [-0.2, 0) is 11.3 Å². The molecule has 5 rings (SSSR count). The van der Waals surface area contributed by atoms with Gasteiger partial charge in [0.25, 0.3) is 5.91 Å². The summed E-state index contributed by atoms with van der Waals surface area (Å²) in [6, 6.07) is 9.28. The number of carbonyl (C=O) groups is 1. The second kappa shape index (κ2) is 7.53. The highest BCUT2D eigenvalue weighted by Crippen LogP contribution is 2.23. The topological polar surface area (TPSA) is 74.4 Å². The fraction of sp³-hybridized carbons (Fsp3) is 0.381. The third kappa shape index (κ3) is 3.73. The van der Waals surface area contributed by atoms with Crippen LogP contribution in [0, 0.1) is 11.7 Å². The molecule has 0 radical (unpaired) electrons. The minimum atomic E-state index is -0.499. The maximum Gasteiger partial charge on any atom is 0.255 e. The number of para-hydroxylation sites is 2. The number of hydrogen-bond acceptors (Lipinski definition) is 5. The Labute approximate surface area is 167 Å². The van der Waals surface area contributed by atoms with E-state index in [0.29, 0.717) is 32.8 Å². The van der Waals surface area contributed by atoms with E-state index in [2.05, 4.69) is 14.9 Å². The van der Waals surface area contributed by atoms with Crippen molar-refractivity contribution in [2.75, 3.05) is 32.8 Å². The number of H-pyrrole nitrogens is 1. The van der Waals surface area contributed by atoms with E-state index in [9.17, 15) is 9.18 Å². The first-order valence-electron chi connectivity index (χ1n) is 9.81. The summed E-state index contributed by atoms with van der Waals surface area (Å²) >= 11 is 0. The minimum Gasteiger partial charge on any atom is -0.379 e. The highest BCUT2D eigenvalue weighted by molar-refractivity contribution is 5.94. The Morgan fingerprint density at radius 3 is 2.97 bits per heavy atom. The van der Waals surface area contributed by atoms with E-state index in [4.69, 9.17) is 9.72 Å². The monoisotopic (exact) mass is 395 g/mol. The molecule has 4 heterocycles. The summed E-state index contributed by atoms with van der Waals surface area (Å²) in [4.78, 5) is 29.0. The van der Waals surface area contributed by atoms with Crippen LogP contribution < -0.4 is 0 Å². The molecule has 7 nitrogen and oxygen atoms in total. The fourth-order valence-corrected chi connectivity index (χ4v) is 4.27. The normalized spacial score (nSPS) is 22.6. The lowest BCUT2D eigenvalue weighted by atomic mass is 10.1. The molecule has 3 aromatic rings. The molecular formula is C21H22FN5O2. The van der Waals surface area contributed by atoms with Crippen molar-refractivity contribution in [1.29, 1.82) is 0 Å². The van der Waals surface area contributed by atoms with Crippen molar-refractivity contribution in [2.45, 2.75) is 12.6 Å². The average molecular weight is 395 g/mol. The quantitative estimate of drug-likeness (QED) is 0.735. The fourth-order valence-electron chi connectivity index (χ4n) is 4.27. The largest absolute Gasteiger partial charge is 0.379 e. The summed E-state index contributed by atoms with van der Waals surface area (Å²) in [5, 5.41) is 0. The van der Waals surface area contributed by atoms with Gasteiger partial charge in [0, 0.05) is 31.7 Å². The van der Waals surface area contributed by atoms with Crippen LogP contribution in [0.1, 0.15) is 16.2 Å². The number of ether oxygens (including phenoxy) is 1. The molecule has 0 spiro atoms. The van der Waals surface area contributed by atoms with Crippen molar-refractivity contribution in [3.05, 3.63) is 59.9 Å². The summed E-state index contributed by atoms with van der Waals surface area (Å²) < 4.78 is 19.4. The first-order valence-corrected chi connectivity index (χ1v) is 9.81. The molecule has 0 saturated carbocycles. The highest BCUT2D eigenvalue weighted by Gasteiger charge is 2.35. The van der Waals surface area contributed by atoms with Gasteiger partial charge in [-0.1, -0.05) is 12.1 Å². The molecule has 150 valence electrons. The van der Waals surface area contributed by atoms with Gasteiger partial charge in [0.05, 0.1) is 48.6 Å². The van der Waals surface area contributed by atoms with E-state index in [0.717, 1.165) is 29.6 Å². The van der Waals surface area contributed by atoms with Gasteiger partial charge in [0.15, 0.2) is 0 Å². The molecule has 2 atom stereocenters. The number of aromatic nitrogens is 3. The summed E-state index contributed by atoms with van der Waals surface area (Å²) in [6.45, 7) is 3.78. The van der Waals surface area contributed by atoms with Crippen LogP contribution in [0.25, 0.3) is 11.0 Å². The third-order valence-electron chi connectivity index (χ3n) is 5.61. The Kier molecular flexibility index (Phi) is 4.73. The van der Waals surface area contributed by atoms with Crippen molar-refractivity contribution < 1.29 is 13.9 Å². The summed E-state index contributed by atoms with van der Waals surface area (Å²) in [7, 11) is 0. The highest BCUT2D eigenvalue weighted by atomic mass is 19.1. The third-order valence-corrected chi connectivity index (χ3v) is 5.61. The van der Waals surface area contributed by atoms with Crippen LogP contribution >= 0.6 is 0 Å². The van der Waals surface area contributed by atoms with Crippen LogP contribution in [0.15, 0.2) is 42.7 Å². The molecule has 1 aromatic carbocycles. The lowest BCUT2D eigenvalue weighted by Crippen LogP contribution is -2.45. The lowest BCUT2D eigenvalue weighted by Gasteiger charge is -2.31.